The van der Waals surface area contributed by atoms with Crippen molar-refractivity contribution in [2.24, 2.45) is 21.5 Å². The van der Waals surface area contributed by atoms with Gasteiger partial charge in [-0.3, -0.25) is 9.98 Å². The fourth-order valence-electron chi connectivity index (χ4n) is 3.21. The summed E-state index contributed by atoms with van der Waals surface area (Å²) in [5.74, 6) is 2.66. The second-order valence-corrected chi connectivity index (χ2v) is 8.66. The van der Waals surface area contributed by atoms with Crippen LogP contribution in [0.5, 0.6) is 11.5 Å². The van der Waals surface area contributed by atoms with Crippen LogP contribution < -0.4 is 20.9 Å². The van der Waals surface area contributed by atoms with Gasteiger partial charge in [-0.05, 0) is 87.4 Å². The molecule has 178 valence electrons. The lowest BCUT2D eigenvalue weighted by atomic mass is 10.1. The van der Waals surface area contributed by atoms with E-state index in [1.807, 2.05) is 100 Å². The Morgan fingerprint density at radius 1 is 0.588 bits per heavy atom. The van der Waals surface area contributed by atoms with E-state index in [4.69, 9.17) is 20.9 Å². The molecule has 0 heterocycles. The third-order valence-corrected chi connectivity index (χ3v) is 4.93. The summed E-state index contributed by atoms with van der Waals surface area (Å²) in [5, 5.41) is 0. The van der Waals surface area contributed by atoms with E-state index in [0.717, 1.165) is 33.8 Å². The van der Waals surface area contributed by atoms with Gasteiger partial charge in [0.2, 0.25) is 0 Å². The summed E-state index contributed by atoms with van der Waals surface area (Å²) in [5.41, 5.74) is 16.0. The molecule has 0 aliphatic heterocycles. The second kappa shape index (κ2) is 11.9. The van der Waals surface area contributed by atoms with Crippen LogP contribution in [0.3, 0.4) is 0 Å². The topological polar surface area (TPSA) is 95.2 Å². The fourth-order valence-corrected chi connectivity index (χ4v) is 3.21. The number of nitrogens with zero attached hydrogens (tertiary/aromatic N) is 2. The minimum Gasteiger partial charge on any atom is -0.489 e. The number of ether oxygens (including phenoxy) is 2. The number of rotatable bonds is 10. The first-order chi connectivity index (χ1) is 16.3. The van der Waals surface area contributed by atoms with Gasteiger partial charge in [0.05, 0.1) is 0 Å². The van der Waals surface area contributed by atoms with E-state index in [9.17, 15) is 0 Å². The molecule has 0 fully saturated rings. The van der Waals surface area contributed by atoms with Crippen LogP contribution in [0.25, 0.3) is 0 Å². The van der Waals surface area contributed by atoms with Gasteiger partial charge in [-0.15, -0.1) is 0 Å². The summed E-state index contributed by atoms with van der Waals surface area (Å²) < 4.78 is 11.8. The molecule has 0 unspecified atom stereocenters. The van der Waals surface area contributed by atoms with Crippen molar-refractivity contribution < 1.29 is 9.47 Å². The third-order valence-electron chi connectivity index (χ3n) is 4.93. The summed E-state index contributed by atoms with van der Waals surface area (Å²) in [6, 6.07) is 23.9. The van der Waals surface area contributed by atoms with Crippen LogP contribution >= 0.6 is 0 Å². The van der Waals surface area contributed by atoms with Crippen LogP contribution in [0.2, 0.25) is 0 Å². The molecule has 4 N–H and O–H groups in total. The van der Waals surface area contributed by atoms with Gasteiger partial charge in [0.25, 0.3) is 0 Å². The van der Waals surface area contributed by atoms with Gasteiger partial charge in [-0.2, -0.15) is 0 Å². The van der Waals surface area contributed by atoms with E-state index in [2.05, 4.69) is 9.98 Å². The molecule has 3 rings (SSSR count). The molecular formula is C28H34N4O2. The number of benzene rings is 3. The Hall–Kier alpha value is -3.80. The first kappa shape index (κ1) is 24.8. The van der Waals surface area contributed by atoms with Crippen LogP contribution in [0.1, 0.15) is 49.9 Å². The molecule has 6 nitrogen and oxygen atoms in total. The maximum absolute atomic E-state index is 6.01. The number of hydrogen-bond donors (Lipinski definition) is 2. The third kappa shape index (κ3) is 7.66. The zero-order valence-electron chi connectivity index (χ0n) is 20.4. The molecule has 0 saturated carbocycles. The standard InChI is InChI=1S/C28H34N4O2/c1-19(2)31-27(29)23-9-13-25(14-10-23)33-17-21-5-7-22(8-6-21)18-34-26-15-11-24(12-16-26)28(30)32-20(3)4/h5-16,19-20H,17-18H2,1-4H3,(H2,29,31)(H2,30,32). The van der Waals surface area contributed by atoms with Gasteiger partial charge >= 0.3 is 0 Å². The molecule has 0 aliphatic rings. The van der Waals surface area contributed by atoms with Gasteiger partial charge in [0.15, 0.2) is 0 Å². The number of hydrogen-bond acceptors (Lipinski definition) is 4. The minimum absolute atomic E-state index is 0.166. The summed E-state index contributed by atoms with van der Waals surface area (Å²) >= 11 is 0. The Kier molecular flexibility index (Phi) is 8.68. The molecule has 0 saturated heterocycles. The van der Waals surface area contributed by atoms with E-state index in [1.165, 1.54) is 0 Å². The maximum atomic E-state index is 6.01. The number of amidine groups is 2. The summed E-state index contributed by atoms with van der Waals surface area (Å²) in [6.07, 6.45) is 0. The van der Waals surface area contributed by atoms with Gasteiger partial charge in [-0.25, -0.2) is 0 Å². The van der Waals surface area contributed by atoms with Gasteiger partial charge in [0, 0.05) is 23.2 Å². The highest BCUT2D eigenvalue weighted by molar-refractivity contribution is 5.98. The summed E-state index contributed by atoms with van der Waals surface area (Å²) in [4.78, 5) is 8.73. The largest absolute Gasteiger partial charge is 0.489 e. The average molecular weight is 459 g/mol. The van der Waals surface area contributed by atoms with E-state index in [1.54, 1.807) is 0 Å². The highest BCUT2D eigenvalue weighted by Gasteiger charge is 2.04. The molecule has 0 spiro atoms. The highest BCUT2D eigenvalue weighted by atomic mass is 16.5. The Labute approximate surface area is 202 Å². The monoisotopic (exact) mass is 458 g/mol. The van der Waals surface area contributed by atoms with Crippen molar-refractivity contribution in [1.29, 1.82) is 0 Å². The van der Waals surface area contributed by atoms with E-state index >= 15 is 0 Å². The predicted octanol–water partition coefficient (Wildman–Crippen LogP) is 5.07. The smallest absolute Gasteiger partial charge is 0.125 e. The van der Waals surface area contributed by atoms with Crippen molar-refractivity contribution in [3.05, 3.63) is 95.1 Å². The molecular weight excluding hydrogens is 424 g/mol. The Bertz CT molecular complexity index is 1010. The molecule has 0 bridgehead atoms. The normalized spacial score (nSPS) is 12.3. The quantitative estimate of drug-likeness (QED) is 0.327. The lowest BCUT2D eigenvalue weighted by molar-refractivity contribution is 0.302. The van der Waals surface area contributed by atoms with Crippen molar-refractivity contribution in [3.8, 4) is 11.5 Å². The van der Waals surface area contributed by atoms with Gasteiger partial charge in [-0.1, -0.05) is 24.3 Å². The Morgan fingerprint density at radius 2 is 0.912 bits per heavy atom. The van der Waals surface area contributed by atoms with Gasteiger partial charge in [0.1, 0.15) is 36.4 Å². The molecule has 0 atom stereocenters. The van der Waals surface area contributed by atoms with Crippen LogP contribution in [0.4, 0.5) is 0 Å². The van der Waals surface area contributed by atoms with Crippen molar-refractivity contribution in [3.63, 3.8) is 0 Å². The Morgan fingerprint density at radius 3 is 1.21 bits per heavy atom. The molecule has 0 aliphatic carbocycles. The maximum Gasteiger partial charge on any atom is 0.125 e. The fraction of sp³-hybridized carbons (Fsp3) is 0.286. The van der Waals surface area contributed by atoms with E-state index in [-0.39, 0.29) is 12.1 Å². The zero-order chi connectivity index (χ0) is 24.5. The first-order valence-electron chi connectivity index (χ1n) is 11.5. The van der Waals surface area contributed by atoms with Crippen LogP contribution in [0, 0.1) is 0 Å². The number of aliphatic imine (C=N–C) groups is 2. The van der Waals surface area contributed by atoms with Crippen molar-refractivity contribution in [1.82, 2.24) is 0 Å². The molecule has 0 aromatic heterocycles. The predicted molar refractivity (Wildman–Crippen MR) is 140 cm³/mol. The zero-order valence-corrected chi connectivity index (χ0v) is 20.4. The average Bonchev–Trinajstić information content (AvgIpc) is 2.82. The first-order valence-corrected chi connectivity index (χ1v) is 11.5. The number of nitrogens with two attached hydrogens (primary N) is 2. The van der Waals surface area contributed by atoms with E-state index in [0.29, 0.717) is 24.9 Å². The molecule has 6 heteroatoms. The molecule has 0 radical (unpaired) electrons. The van der Waals surface area contributed by atoms with Crippen molar-refractivity contribution in [2.75, 3.05) is 0 Å². The Balaban J connectivity index is 1.49. The molecule has 3 aromatic rings. The molecule has 3 aromatic carbocycles. The van der Waals surface area contributed by atoms with Crippen molar-refractivity contribution >= 4 is 11.7 Å². The SMILES string of the molecule is CC(C)N=C(N)c1ccc(OCc2ccc(COc3ccc(C(N)=NC(C)C)cc3)cc2)cc1. The molecule has 34 heavy (non-hydrogen) atoms. The summed E-state index contributed by atoms with van der Waals surface area (Å²) in [6.45, 7) is 8.97. The summed E-state index contributed by atoms with van der Waals surface area (Å²) in [7, 11) is 0. The van der Waals surface area contributed by atoms with Crippen LogP contribution in [0.15, 0.2) is 82.8 Å². The lowest BCUT2D eigenvalue weighted by Gasteiger charge is -2.10. The second-order valence-electron chi connectivity index (χ2n) is 8.66. The minimum atomic E-state index is 0.166. The molecule has 0 amide bonds. The lowest BCUT2D eigenvalue weighted by Crippen LogP contribution is -2.15. The van der Waals surface area contributed by atoms with E-state index < -0.39 is 0 Å². The highest BCUT2D eigenvalue weighted by Crippen LogP contribution is 2.17. The van der Waals surface area contributed by atoms with Crippen LogP contribution in [-0.2, 0) is 13.2 Å². The van der Waals surface area contributed by atoms with Gasteiger partial charge < -0.3 is 20.9 Å². The van der Waals surface area contributed by atoms with Crippen molar-refractivity contribution in [2.45, 2.75) is 53.0 Å². The van der Waals surface area contributed by atoms with Crippen LogP contribution in [-0.4, -0.2) is 23.8 Å².